The molecule has 1 atom stereocenters. The van der Waals surface area contributed by atoms with Crippen LogP contribution in [0, 0.1) is 0 Å². The number of furan rings is 1. The molecule has 24 heavy (non-hydrogen) atoms. The van der Waals surface area contributed by atoms with Crippen LogP contribution in [0.25, 0.3) is 11.0 Å². The summed E-state index contributed by atoms with van der Waals surface area (Å²) in [4.78, 5) is 23.7. The van der Waals surface area contributed by atoms with E-state index in [2.05, 4.69) is 5.32 Å². The molecule has 0 radical (unpaired) electrons. The van der Waals surface area contributed by atoms with Crippen molar-refractivity contribution in [3.8, 4) is 0 Å². The van der Waals surface area contributed by atoms with Crippen molar-refractivity contribution in [3.05, 3.63) is 34.5 Å². The SMILES string of the molecule is COC(=O)c1cc(Cl)cc2cc([C@H](C)NC(=O)OC(C)(C)C)oc12. The van der Waals surface area contributed by atoms with Crippen LogP contribution < -0.4 is 5.32 Å². The van der Waals surface area contributed by atoms with Crippen LogP contribution >= 0.6 is 11.6 Å². The second-order valence-electron chi connectivity index (χ2n) is 6.38. The summed E-state index contributed by atoms with van der Waals surface area (Å²) in [6.07, 6.45) is -0.554. The Morgan fingerprint density at radius 1 is 1.25 bits per heavy atom. The van der Waals surface area contributed by atoms with Gasteiger partial charge in [0.15, 0.2) is 0 Å². The molecular formula is C17H20ClNO5. The van der Waals surface area contributed by atoms with Gasteiger partial charge in [0.2, 0.25) is 0 Å². The number of hydrogen-bond acceptors (Lipinski definition) is 5. The van der Waals surface area contributed by atoms with E-state index >= 15 is 0 Å². The van der Waals surface area contributed by atoms with Crippen molar-refractivity contribution in [2.45, 2.75) is 39.3 Å². The first-order chi connectivity index (χ1) is 11.1. The molecule has 130 valence electrons. The third-order valence-corrected chi connectivity index (χ3v) is 3.38. The fraction of sp³-hybridized carbons (Fsp3) is 0.412. The second-order valence-corrected chi connectivity index (χ2v) is 6.82. The maximum absolute atomic E-state index is 11.9. The van der Waals surface area contributed by atoms with Gasteiger partial charge in [-0.1, -0.05) is 11.6 Å². The van der Waals surface area contributed by atoms with Gasteiger partial charge in [0.25, 0.3) is 0 Å². The summed E-state index contributed by atoms with van der Waals surface area (Å²) >= 11 is 6.03. The third kappa shape index (κ3) is 4.20. The summed E-state index contributed by atoms with van der Waals surface area (Å²) in [6.45, 7) is 7.09. The van der Waals surface area contributed by atoms with Crippen LogP contribution in [0.15, 0.2) is 22.6 Å². The summed E-state index contributed by atoms with van der Waals surface area (Å²) in [7, 11) is 1.28. The van der Waals surface area contributed by atoms with Crippen molar-refractivity contribution in [3.63, 3.8) is 0 Å². The van der Waals surface area contributed by atoms with Crippen LogP contribution in [-0.2, 0) is 9.47 Å². The monoisotopic (exact) mass is 353 g/mol. The maximum Gasteiger partial charge on any atom is 0.408 e. The Morgan fingerprint density at radius 2 is 1.92 bits per heavy atom. The Morgan fingerprint density at radius 3 is 2.50 bits per heavy atom. The quantitative estimate of drug-likeness (QED) is 0.824. The van der Waals surface area contributed by atoms with Gasteiger partial charge in [-0.2, -0.15) is 0 Å². The Kier molecular flexibility index (Phi) is 5.08. The first-order valence-electron chi connectivity index (χ1n) is 7.41. The molecule has 0 aliphatic carbocycles. The summed E-state index contributed by atoms with van der Waals surface area (Å²) in [5, 5.41) is 3.73. The van der Waals surface area contributed by atoms with Crippen LogP contribution in [0.1, 0.15) is 49.9 Å². The van der Waals surface area contributed by atoms with Crippen molar-refractivity contribution >= 4 is 34.6 Å². The fourth-order valence-corrected chi connectivity index (χ4v) is 2.39. The van der Waals surface area contributed by atoms with Gasteiger partial charge in [0, 0.05) is 10.4 Å². The molecule has 1 amide bonds. The number of hydrogen-bond donors (Lipinski definition) is 1. The van der Waals surface area contributed by atoms with Gasteiger partial charge in [-0.25, -0.2) is 9.59 Å². The molecule has 0 spiro atoms. The molecule has 0 saturated heterocycles. The summed E-state index contributed by atoms with van der Waals surface area (Å²) in [5.41, 5.74) is -0.00157. The lowest BCUT2D eigenvalue weighted by Gasteiger charge is -2.21. The number of ether oxygens (including phenoxy) is 2. The largest absolute Gasteiger partial charge is 0.465 e. The molecule has 0 bridgehead atoms. The molecular weight excluding hydrogens is 334 g/mol. The average molecular weight is 354 g/mol. The first-order valence-corrected chi connectivity index (χ1v) is 7.79. The molecule has 1 heterocycles. The Hall–Kier alpha value is -2.21. The van der Waals surface area contributed by atoms with Crippen molar-refractivity contribution in [2.24, 2.45) is 0 Å². The zero-order chi connectivity index (χ0) is 18.1. The number of methoxy groups -OCH3 is 1. The zero-order valence-electron chi connectivity index (χ0n) is 14.2. The Labute approximate surface area is 145 Å². The fourth-order valence-electron chi connectivity index (χ4n) is 2.17. The van der Waals surface area contributed by atoms with Gasteiger partial charge >= 0.3 is 12.1 Å². The van der Waals surface area contributed by atoms with Gasteiger partial charge in [-0.05, 0) is 45.9 Å². The van der Waals surface area contributed by atoms with Crippen LogP contribution in [0.3, 0.4) is 0 Å². The maximum atomic E-state index is 11.9. The van der Waals surface area contributed by atoms with Crippen molar-refractivity contribution < 1.29 is 23.5 Å². The van der Waals surface area contributed by atoms with E-state index in [0.717, 1.165) is 0 Å². The smallest absolute Gasteiger partial charge is 0.408 e. The lowest BCUT2D eigenvalue weighted by Crippen LogP contribution is -2.33. The molecule has 0 aliphatic heterocycles. The number of halogens is 1. The predicted octanol–water partition coefficient (Wildman–Crippen LogP) is 4.46. The van der Waals surface area contributed by atoms with E-state index in [1.807, 2.05) is 0 Å². The van der Waals surface area contributed by atoms with E-state index in [1.165, 1.54) is 13.2 Å². The lowest BCUT2D eigenvalue weighted by molar-refractivity contribution is 0.0501. The van der Waals surface area contributed by atoms with Crippen LogP contribution in [0.5, 0.6) is 0 Å². The summed E-state index contributed by atoms with van der Waals surface area (Å²) < 4.78 is 15.7. The number of fused-ring (bicyclic) bond motifs is 1. The molecule has 0 fully saturated rings. The molecule has 0 aliphatic rings. The normalized spacial score (nSPS) is 12.8. The number of carbonyl (C=O) groups is 2. The first kappa shape index (κ1) is 18.1. The molecule has 1 aromatic heterocycles. The number of rotatable bonds is 3. The van der Waals surface area contributed by atoms with E-state index in [4.69, 9.17) is 25.5 Å². The highest BCUT2D eigenvalue weighted by Gasteiger charge is 2.22. The predicted molar refractivity (Wildman–Crippen MR) is 90.3 cm³/mol. The van der Waals surface area contributed by atoms with Crippen LogP contribution in [0.4, 0.5) is 4.79 Å². The topological polar surface area (TPSA) is 77.8 Å². The van der Waals surface area contributed by atoms with Gasteiger partial charge in [0.1, 0.15) is 22.5 Å². The highest BCUT2D eigenvalue weighted by molar-refractivity contribution is 6.32. The average Bonchev–Trinajstić information content (AvgIpc) is 2.87. The van der Waals surface area contributed by atoms with Crippen molar-refractivity contribution in [1.82, 2.24) is 5.32 Å². The highest BCUT2D eigenvalue weighted by Crippen LogP contribution is 2.30. The minimum Gasteiger partial charge on any atom is -0.465 e. The Bertz CT molecular complexity index is 775. The van der Waals surface area contributed by atoms with Crippen molar-refractivity contribution in [2.75, 3.05) is 7.11 Å². The van der Waals surface area contributed by atoms with E-state index in [1.54, 1.807) is 39.8 Å². The van der Waals surface area contributed by atoms with E-state index in [9.17, 15) is 9.59 Å². The number of nitrogens with one attached hydrogen (secondary N) is 1. The molecule has 1 N–H and O–H groups in total. The third-order valence-electron chi connectivity index (χ3n) is 3.17. The zero-order valence-corrected chi connectivity index (χ0v) is 15.0. The second kappa shape index (κ2) is 6.73. The molecule has 2 aromatic rings. The van der Waals surface area contributed by atoms with E-state index in [0.29, 0.717) is 21.8 Å². The molecule has 1 aromatic carbocycles. The van der Waals surface area contributed by atoms with E-state index in [-0.39, 0.29) is 5.56 Å². The van der Waals surface area contributed by atoms with Gasteiger partial charge in [0.05, 0.1) is 13.2 Å². The molecule has 2 rings (SSSR count). The number of benzene rings is 1. The summed E-state index contributed by atoms with van der Waals surface area (Å²) in [6, 6.07) is 4.43. The van der Waals surface area contributed by atoms with Crippen LogP contribution in [0.2, 0.25) is 5.02 Å². The van der Waals surface area contributed by atoms with Gasteiger partial charge < -0.3 is 19.2 Å². The number of carbonyl (C=O) groups excluding carboxylic acids is 2. The van der Waals surface area contributed by atoms with Gasteiger partial charge in [-0.3, -0.25) is 0 Å². The highest BCUT2D eigenvalue weighted by atomic mass is 35.5. The van der Waals surface area contributed by atoms with Gasteiger partial charge in [-0.15, -0.1) is 0 Å². The molecule has 0 saturated carbocycles. The minimum atomic E-state index is -0.594. The number of esters is 1. The molecule has 6 nitrogen and oxygen atoms in total. The Balaban J connectivity index is 2.30. The van der Waals surface area contributed by atoms with Crippen LogP contribution in [-0.4, -0.2) is 24.8 Å². The van der Waals surface area contributed by atoms with Crippen molar-refractivity contribution in [1.29, 1.82) is 0 Å². The van der Waals surface area contributed by atoms with E-state index < -0.39 is 23.7 Å². The minimum absolute atomic E-state index is 0.232. The standard InChI is InChI=1S/C17H20ClNO5/c1-9(19-16(21)24-17(2,3)4)13-7-10-6-11(18)8-12(14(10)23-13)15(20)22-5/h6-9H,1-5H3,(H,19,21)/t9-/m0/s1. The number of alkyl carbamates (subject to hydrolysis) is 1. The number of amides is 1. The molecule has 7 heteroatoms. The lowest BCUT2D eigenvalue weighted by atomic mass is 10.1. The summed E-state index contributed by atoms with van der Waals surface area (Å²) in [5.74, 6) is -0.0700. The molecule has 0 unspecified atom stereocenters.